The molecule has 0 spiro atoms. The minimum atomic E-state index is -0.349. The van der Waals surface area contributed by atoms with Crippen LogP contribution in [-0.4, -0.2) is 17.5 Å². The van der Waals surface area contributed by atoms with E-state index in [1.165, 1.54) is 24.3 Å². The lowest BCUT2D eigenvalue weighted by atomic mass is 10.2. The number of halogens is 1. The van der Waals surface area contributed by atoms with E-state index in [1.807, 2.05) is 36.4 Å². The van der Waals surface area contributed by atoms with Gasteiger partial charge in [-0.05, 0) is 42.0 Å². The van der Waals surface area contributed by atoms with E-state index in [4.69, 9.17) is 4.74 Å². The van der Waals surface area contributed by atoms with E-state index in [0.29, 0.717) is 18.1 Å². The van der Waals surface area contributed by atoms with E-state index in [1.54, 1.807) is 23.2 Å². The molecular weight excluding hydrogens is 319 g/mol. The molecule has 3 aromatic rings. The Hall–Kier alpha value is -3.21. The number of amides is 1. The third-order valence-corrected chi connectivity index (χ3v) is 3.59. The van der Waals surface area contributed by atoms with Gasteiger partial charge in [0, 0.05) is 6.20 Å². The molecule has 1 heterocycles. The maximum Gasteiger partial charge on any atom is 0.266 e. The van der Waals surface area contributed by atoms with Crippen molar-refractivity contribution in [3.63, 3.8) is 0 Å². The van der Waals surface area contributed by atoms with Crippen LogP contribution >= 0.6 is 0 Å². The van der Waals surface area contributed by atoms with Crippen molar-refractivity contribution in [2.45, 2.75) is 6.54 Å². The Morgan fingerprint density at radius 3 is 2.36 bits per heavy atom. The second-order valence-electron chi connectivity index (χ2n) is 5.40. The number of carbonyl (C=O) groups is 1. The topological polar surface area (TPSA) is 42.4 Å². The zero-order chi connectivity index (χ0) is 17.5. The molecule has 0 aliphatic rings. The highest BCUT2D eigenvalue weighted by atomic mass is 19.1. The fourth-order valence-corrected chi connectivity index (χ4v) is 2.33. The lowest BCUT2D eigenvalue weighted by molar-refractivity contribution is -0.120. The zero-order valence-electron chi connectivity index (χ0n) is 13.5. The van der Waals surface area contributed by atoms with E-state index in [-0.39, 0.29) is 18.3 Å². The van der Waals surface area contributed by atoms with Crippen molar-refractivity contribution in [1.82, 2.24) is 4.98 Å². The van der Waals surface area contributed by atoms with Crippen LogP contribution in [0.15, 0.2) is 79.0 Å². The van der Waals surface area contributed by atoms with Crippen molar-refractivity contribution >= 4 is 11.7 Å². The molecule has 0 fully saturated rings. The molecule has 25 heavy (non-hydrogen) atoms. The van der Waals surface area contributed by atoms with Crippen LogP contribution in [0, 0.1) is 5.82 Å². The summed E-state index contributed by atoms with van der Waals surface area (Å²) in [5.74, 6) is 0.416. The number of benzene rings is 2. The number of anilines is 1. The Morgan fingerprint density at radius 2 is 1.68 bits per heavy atom. The molecule has 0 aliphatic carbocycles. The van der Waals surface area contributed by atoms with Gasteiger partial charge in [0.05, 0.1) is 6.54 Å². The van der Waals surface area contributed by atoms with E-state index >= 15 is 0 Å². The number of hydrogen-bond acceptors (Lipinski definition) is 3. The molecule has 5 heteroatoms. The molecule has 1 aromatic heterocycles. The van der Waals surface area contributed by atoms with Crippen LogP contribution in [0.4, 0.5) is 10.2 Å². The first-order chi connectivity index (χ1) is 12.2. The van der Waals surface area contributed by atoms with Crippen LogP contribution in [0.25, 0.3) is 0 Å². The zero-order valence-corrected chi connectivity index (χ0v) is 13.5. The van der Waals surface area contributed by atoms with Gasteiger partial charge >= 0.3 is 0 Å². The molecule has 126 valence electrons. The second-order valence-corrected chi connectivity index (χ2v) is 5.40. The van der Waals surface area contributed by atoms with Crippen LogP contribution in [0.3, 0.4) is 0 Å². The molecule has 0 unspecified atom stereocenters. The standard InChI is InChI=1S/C20H17FN2O2/c21-17-9-11-18(12-10-17)25-15-20(24)23(19-8-4-5-13-22-19)14-16-6-2-1-3-7-16/h1-13H,14-15H2. The van der Waals surface area contributed by atoms with Crippen molar-refractivity contribution in [3.8, 4) is 5.75 Å². The Kier molecular flexibility index (Phi) is 5.36. The van der Waals surface area contributed by atoms with Gasteiger partial charge < -0.3 is 4.74 Å². The first-order valence-corrected chi connectivity index (χ1v) is 7.86. The highest BCUT2D eigenvalue weighted by Crippen LogP contribution is 2.16. The minimum Gasteiger partial charge on any atom is -0.484 e. The Balaban J connectivity index is 1.74. The van der Waals surface area contributed by atoms with Gasteiger partial charge in [0.25, 0.3) is 5.91 Å². The molecule has 0 saturated carbocycles. The maximum absolute atomic E-state index is 12.9. The predicted octanol–water partition coefficient (Wildman–Crippen LogP) is 3.83. The summed E-state index contributed by atoms with van der Waals surface area (Å²) in [6, 6.07) is 20.6. The van der Waals surface area contributed by atoms with Crippen LogP contribution < -0.4 is 9.64 Å². The molecule has 2 aromatic carbocycles. The van der Waals surface area contributed by atoms with Crippen molar-refractivity contribution in [1.29, 1.82) is 0 Å². The van der Waals surface area contributed by atoms with Crippen molar-refractivity contribution in [2.24, 2.45) is 0 Å². The summed E-state index contributed by atoms with van der Waals surface area (Å²) in [6.07, 6.45) is 1.64. The summed E-state index contributed by atoms with van der Waals surface area (Å²) in [7, 11) is 0. The second kappa shape index (κ2) is 8.06. The molecule has 0 N–H and O–H groups in total. The van der Waals surface area contributed by atoms with Gasteiger partial charge in [0.15, 0.2) is 6.61 Å². The average Bonchev–Trinajstić information content (AvgIpc) is 2.67. The van der Waals surface area contributed by atoms with Crippen molar-refractivity contribution in [3.05, 3.63) is 90.4 Å². The van der Waals surface area contributed by atoms with Crippen LogP contribution in [0.2, 0.25) is 0 Å². The lowest BCUT2D eigenvalue weighted by Gasteiger charge is -2.22. The Labute approximate surface area is 145 Å². The van der Waals surface area contributed by atoms with Gasteiger partial charge in [0.2, 0.25) is 0 Å². The maximum atomic E-state index is 12.9. The molecular formula is C20H17FN2O2. The van der Waals surface area contributed by atoms with E-state index in [9.17, 15) is 9.18 Å². The summed E-state index contributed by atoms with van der Waals surface area (Å²) in [5.41, 5.74) is 0.989. The lowest BCUT2D eigenvalue weighted by Crippen LogP contribution is -2.35. The van der Waals surface area contributed by atoms with Gasteiger partial charge in [-0.1, -0.05) is 36.4 Å². The number of ether oxygens (including phenoxy) is 1. The third kappa shape index (κ3) is 4.64. The number of pyridine rings is 1. The average molecular weight is 336 g/mol. The first kappa shape index (κ1) is 16.6. The molecule has 0 atom stereocenters. The first-order valence-electron chi connectivity index (χ1n) is 7.86. The molecule has 0 aliphatic heterocycles. The summed E-state index contributed by atoms with van der Waals surface area (Å²) in [5, 5.41) is 0. The fourth-order valence-electron chi connectivity index (χ4n) is 2.33. The van der Waals surface area contributed by atoms with Crippen molar-refractivity contribution in [2.75, 3.05) is 11.5 Å². The highest BCUT2D eigenvalue weighted by Gasteiger charge is 2.18. The summed E-state index contributed by atoms with van der Waals surface area (Å²) >= 11 is 0. The number of aromatic nitrogens is 1. The van der Waals surface area contributed by atoms with Gasteiger partial charge in [-0.25, -0.2) is 9.37 Å². The number of carbonyl (C=O) groups excluding carboxylic acids is 1. The number of nitrogens with zero attached hydrogens (tertiary/aromatic N) is 2. The van der Waals surface area contributed by atoms with Gasteiger partial charge in [-0.3, -0.25) is 9.69 Å². The molecule has 3 rings (SSSR count). The fraction of sp³-hybridized carbons (Fsp3) is 0.100. The normalized spacial score (nSPS) is 10.3. The summed E-state index contributed by atoms with van der Waals surface area (Å²) < 4.78 is 18.4. The quantitative estimate of drug-likeness (QED) is 0.687. The van der Waals surface area contributed by atoms with E-state index < -0.39 is 0 Å². The largest absolute Gasteiger partial charge is 0.484 e. The van der Waals surface area contributed by atoms with Crippen LogP contribution in [0.5, 0.6) is 5.75 Å². The van der Waals surface area contributed by atoms with Crippen molar-refractivity contribution < 1.29 is 13.9 Å². The Morgan fingerprint density at radius 1 is 0.960 bits per heavy atom. The molecule has 0 saturated heterocycles. The molecule has 0 radical (unpaired) electrons. The highest BCUT2D eigenvalue weighted by molar-refractivity contribution is 5.93. The van der Waals surface area contributed by atoms with Gasteiger partial charge in [0.1, 0.15) is 17.4 Å². The minimum absolute atomic E-state index is 0.158. The van der Waals surface area contributed by atoms with Crippen LogP contribution in [0.1, 0.15) is 5.56 Å². The molecule has 0 bridgehead atoms. The third-order valence-electron chi connectivity index (χ3n) is 3.59. The monoisotopic (exact) mass is 336 g/mol. The molecule has 1 amide bonds. The van der Waals surface area contributed by atoms with Gasteiger partial charge in [-0.15, -0.1) is 0 Å². The predicted molar refractivity (Wildman–Crippen MR) is 93.8 cm³/mol. The SMILES string of the molecule is O=C(COc1ccc(F)cc1)N(Cc1ccccc1)c1ccccn1. The van der Waals surface area contributed by atoms with E-state index in [2.05, 4.69) is 4.98 Å². The molecule has 4 nitrogen and oxygen atoms in total. The summed E-state index contributed by atoms with van der Waals surface area (Å²) in [4.78, 5) is 18.5. The summed E-state index contributed by atoms with van der Waals surface area (Å²) in [6.45, 7) is 0.235. The van der Waals surface area contributed by atoms with Gasteiger partial charge in [-0.2, -0.15) is 0 Å². The van der Waals surface area contributed by atoms with E-state index in [0.717, 1.165) is 5.56 Å². The van der Waals surface area contributed by atoms with Crippen LogP contribution in [-0.2, 0) is 11.3 Å². The smallest absolute Gasteiger partial charge is 0.266 e. The number of rotatable bonds is 6. The Bertz CT molecular complexity index is 808. The number of hydrogen-bond donors (Lipinski definition) is 0.